The van der Waals surface area contributed by atoms with Crippen molar-refractivity contribution in [3.05, 3.63) is 94.8 Å². The van der Waals surface area contributed by atoms with Crippen molar-refractivity contribution in [2.75, 3.05) is 6.61 Å². The normalized spacial score (nSPS) is 13.2. The molecule has 3 aromatic rings. The van der Waals surface area contributed by atoms with Gasteiger partial charge in [-0.1, -0.05) is 76.5 Å². The molecular weight excluding hydrogens is 642 g/mol. The zero-order valence-corrected chi connectivity index (χ0v) is 26.0. The Kier molecular flexibility index (Phi) is 14.4. The predicted octanol–water partition coefficient (Wildman–Crippen LogP) is 9.50. The first kappa shape index (κ1) is 36.9. The molecule has 0 spiro atoms. The van der Waals surface area contributed by atoms with Crippen LogP contribution in [0.3, 0.4) is 0 Å². The molecule has 252 valence electrons. The summed E-state index contributed by atoms with van der Waals surface area (Å²) < 4.78 is 128. The summed E-state index contributed by atoms with van der Waals surface area (Å²) in [7, 11) is -5.28. The Balaban J connectivity index is 1.84. The number of rotatable bonds is 19. The average Bonchev–Trinajstić information content (AvgIpc) is 3.01. The quantitative estimate of drug-likeness (QED) is 0.0340. The smallest absolute Gasteiger partial charge is 0.465 e. The van der Waals surface area contributed by atoms with E-state index >= 15 is 0 Å². The van der Waals surface area contributed by atoms with Crippen molar-refractivity contribution in [3.63, 3.8) is 0 Å². The second-order valence-electron chi connectivity index (χ2n) is 10.6. The zero-order valence-electron chi connectivity index (χ0n) is 25.1. The molecule has 46 heavy (non-hydrogen) atoms. The van der Waals surface area contributed by atoms with Crippen molar-refractivity contribution >= 4 is 13.7 Å². The highest BCUT2D eigenvalue weighted by atomic mass is 31.2. The van der Waals surface area contributed by atoms with E-state index in [9.17, 15) is 40.1 Å². The topological polar surface area (TPSA) is 73.9 Å². The van der Waals surface area contributed by atoms with Gasteiger partial charge in [-0.15, -0.1) is 0 Å². The van der Waals surface area contributed by atoms with Crippen LogP contribution in [0, 0.1) is 40.7 Å². The predicted molar refractivity (Wildman–Crippen MR) is 157 cm³/mol. The number of benzene rings is 3. The van der Waals surface area contributed by atoms with Gasteiger partial charge in [-0.2, -0.15) is 13.9 Å². The summed E-state index contributed by atoms with van der Waals surface area (Å²) in [4.78, 5) is 13.2. The highest BCUT2D eigenvalue weighted by molar-refractivity contribution is 7.52. The summed E-state index contributed by atoms with van der Waals surface area (Å²) in [6, 6.07) is 7.33. The fourth-order valence-corrected chi connectivity index (χ4v) is 6.02. The minimum Gasteiger partial charge on any atom is -0.465 e. The lowest BCUT2D eigenvalue weighted by Gasteiger charge is -2.25. The molecule has 0 aliphatic carbocycles. The third-order valence-corrected chi connectivity index (χ3v) is 8.30. The second-order valence-corrected chi connectivity index (χ2v) is 12.2. The van der Waals surface area contributed by atoms with Gasteiger partial charge >= 0.3 is 13.7 Å². The van der Waals surface area contributed by atoms with Crippen LogP contribution in [-0.4, -0.2) is 18.6 Å². The van der Waals surface area contributed by atoms with Crippen LogP contribution < -0.4 is 14.1 Å². The maximum atomic E-state index is 14.5. The van der Waals surface area contributed by atoms with Crippen molar-refractivity contribution in [2.24, 2.45) is 0 Å². The molecule has 0 aliphatic heterocycles. The second kappa shape index (κ2) is 17.9. The first-order valence-electron chi connectivity index (χ1n) is 14.9. The van der Waals surface area contributed by atoms with Gasteiger partial charge < -0.3 is 13.8 Å². The van der Waals surface area contributed by atoms with Crippen LogP contribution in [0.25, 0.3) is 0 Å². The Morgan fingerprint density at radius 2 is 1.24 bits per heavy atom. The maximum absolute atomic E-state index is 14.5. The van der Waals surface area contributed by atoms with Crippen molar-refractivity contribution in [2.45, 2.75) is 77.2 Å². The number of hydrogen-bond acceptors (Lipinski definition) is 5. The third kappa shape index (κ3) is 11.0. The molecule has 2 atom stereocenters. The van der Waals surface area contributed by atoms with E-state index in [-0.39, 0.29) is 17.9 Å². The Bertz CT molecular complexity index is 1450. The fraction of sp³-hybridized carbons (Fsp3) is 0.406. The lowest BCUT2D eigenvalue weighted by atomic mass is 10.1. The van der Waals surface area contributed by atoms with Gasteiger partial charge in [-0.05, 0) is 42.7 Å². The molecule has 3 rings (SSSR count). The van der Waals surface area contributed by atoms with E-state index in [0.717, 1.165) is 50.7 Å². The van der Waals surface area contributed by atoms with Gasteiger partial charge in [-0.3, -0.25) is 4.79 Å². The maximum Gasteiger partial charge on any atom is 0.513 e. The van der Waals surface area contributed by atoms with Gasteiger partial charge in [0.05, 0.1) is 6.61 Å². The third-order valence-electron chi connectivity index (χ3n) is 6.80. The van der Waals surface area contributed by atoms with Crippen molar-refractivity contribution in [3.8, 4) is 11.5 Å². The molecule has 0 aliphatic rings. The minimum absolute atomic E-state index is 0.0906. The summed E-state index contributed by atoms with van der Waals surface area (Å²) in [5.41, 5.74) is -0.127. The molecule has 3 aromatic carbocycles. The van der Waals surface area contributed by atoms with E-state index in [2.05, 4.69) is 12.0 Å². The first-order valence-corrected chi connectivity index (χ1v) is 16.4. The number of unbranched alkanes of at least 4 members (excludes halogenated alkanes) is 8. The SMILES string of the molecule is CCCCCCCCCCCOC(=O)[C@H](Cc1cc(F)cc(F)c1)NP(=O)(Oc1ccccc1)Oc1c(F)c(F)c(F)c(F)c1F. The van der Waals surface area contributed by atoms with E-state index in [1.165, 1.54) is 43.2 Å². The molecular formula is C32H35F7NO5P. The van der Waals surface area contributed by atoms with E-state index < -0.39 is 72.6 Å². The molecule has 0 bridgehead atoms. The van der Waals surface area contributed by atoms with Gasteiger partial charge in [-0.25, -0.2) is 26.5 Å². The summed E-state index contributed by atoms with van der Waals surface area (Å²) >= 11 is 0. The Hall–Kier alpha value is -3.57. The molecule has 1 unspecified atom stereocenters. The van der Waals surface area contributed by atoms with E-state index in [1.807, 2.05) is 0 Å². The fourth-order valence-electron chi connectivity index (χ4n) is 4.50. The molecule has 6 nitrogen and oxygen atoms in total. The average molecular weight is 678 g/mol. The summed E-state index contributed by atoms with van der Waals surface area (Å²) in [5, 5.41) is 2.13. The van der Waals surface area contributed by atoms with Gasteiger partial charge in [0.25, 0.3) is 0 Å². The lowest BCUT2D eigenvalue weighted by Crippen LogP contribution is -2.40. The van der Waals surface area contributed by atoms with Crippen LogP contribution in [0.5, 0.6) is 11.5 Å². The highest BCUT2D eigenvalue weighted by Gasteiger charge is 2.39. The van der Waals surface area contributed by atoms with Crippen LogP contribution in [0.15, 0.2) is 48.5 Å². The van der Waals surface area contributed by atoms with Crippen LogP contribution in [0.1, 0.15) is 70.3 Å². The van der Waals surface area contributed by atoms with E-state index in [0.29, 0.717) is 12.5 Å². The number of ether oxygens (including phenoxy) is 1. The van der Waals surface area contributed by atoms with Crippen LogP contribution >= 0.6 is 7.75 Å². The standard InChI is InChI=1S/C32H35F7NO5P/c1-2-3-4-5-6-7-8-9-13-16-43-32(41)25(19-21-17-22(33)20-23(34)18-21)40-46(42,44-24-14-11-10-12-15-24)45-31-29(38)27(36)26(35)28(37)30(31)39/h10-12,14-15,17-18,20,25H,2-9,13,16,19H2,1H3,(H,40,42)/t25-,46?/m0/s1. The van der Waals surface area contributed by atoms with Crippen molar-refractivity contribution in [1.29, 1.82) is 0 Å². The number of carbonyl (C=O) groups is 1. The van der Waals surface area contributed by atoms with Crippen LogP contribution in [0.2, 0.25) is 0 Å². The first-order chi connectivity index (χ1) is 21.9. The number of carbonyl (C=O) groups excluding carboxylic acids is 1. The number of esters is 1. The van der Waals surface area contributed by atoms with Crippen molar-refractivity contribution in [1.82, 2.24) is 5.09 Å². The Morgan fingerprint density at radius 3 is 1.80 bits per heavy atom. The number of para-hydroxylation sites is 1. The molecule has 0 saturated heterocycles. The van der Waals surface area contributed by atoms with Gasteiger partial charge in [0.1, 0.15) is 23.4 Å². The number of nitrogens with one attached hydrogen (secondary N) is 1. The monoisotopic (exact) mass is 677 g/mol. The molecule has 14 heteroatoms. The summed E-state index contributed by atoms with van der Waals surface area (Å²) in [5.74, 6) is -17.5. The largest absolute Gasteiger partial charge is 0.513 e. The summed E-state index contributed by atoms with van der Waals surface area (Å²) in [6.45, 7) is 2.04. The van der Waals surface area contributed by atoms with Gasteiger partial charge in [0.2, 0.25) is 34.8 Å². The summed E-state index contributed by atoms with van der Waals surface area (Å²) in [6.07, 6.45) is 8.19. The molecule has 0 aromatic heterocycles. The lowest BCUT2D eigenvalue weighted by molar-refractivity contribution is -0.145. The molecule has 0 saturated carbocycles. The number of hydrogen-bond donors (Lipinski definition) is 1. The van der Waals surface area contributed by atoms with Crippen LogP contribution in [0.4, 0.5) is 30.7 Å². The Labute approximate surface area is 262 Å². The molecule has 1 N–H and O–H groups in total. The molecule has 0 heterocycles. The molecule has 0 radical (unpaired) electrons. The van der Waals surface area contributed by atoms with Crippen molar-refractivity contribution < 1.29 is 53.9 Å². The van der Waals surface area contributed by atoms with Gasteiger partial charge in [0.15, 0.2) is 0 Å². The minimum atomic E-state index is -5.28. The molecule has 0 fully saturated rings. The zero-order chi connectivity index (χ0) is 33.7. The van der Waals surface area contributed by atoms with E-state index in [4.69, 9.17) is 13.8 Å². The van der Waals surface area contributed by atoms with Gasteiger partial charge in [0, 0.05) is 6.07 Å². The van der Waals surface area contributed by atoms with E-state index in [1.54, 1.807) is 0 Å². The molecule has 0 amide bonds. The number of halogens is 7. The van der Waals surface area contributed by atoms with Crippen LogP contribution in [-0.2, 0) is 20.5 Å². The highest BCUT2D eigenvalue weighted by Crippen LogP contribution is 2.48. The Morgan fingerprint density at radius 1 is 0.717 bits per heavy atom.